The number of thioether (sulfide) groups is 1. The van der Waals surface area contributed by atoms with Gasteiger partial charge in [0.1, 0.15) is 70.5 Å². The first-order chi connectivity index (χ1) is 22.1. The fourth-order valence-electron chi connectivity index (χ4n) is 4.97. The van der Waals surface area contributed by atoms with Gasteiger partial charge in [0.05, 0.1) is 38.3 Å². The standard InChI is InChI=1S/C29H34F2N6O8S/c1-15(40)23(13-38)44-28(22(41)12-36-10-20(32-34-36)16-4-2-6-18(30)8-16)46-29-27(43)25(26(42)24(14-39)45-29)37-11-21(33-35-37)17-5-3-7-19(31)9-17/h2-11,15,22-29,38-43H,12-14H2,1H3/t15-,22+,23?,24?,25?,26?,27?,28?,29?/m1/s1. The Morgan fingerprint density at radius 3 is 2.15 bits per heavy atom. The Labute approximate surface area is 265 Å². The third kappa shape index (κ3) is 7.76. The molecule has 1 aliphatic rings. The van der Waals surface area contributed by atoms with E-state index in [1.807, 2.05) is 0 Å². The van der Waals surface area contributed by atoms with Crippen LogP contribution in [0.25, 0.3) is 22.5 Å². The molecule has 17 heteroatoms. The number of aromatic nitrogens is 6. The summed E-state index contributed by atoms with van der Waals surface area (Å²) in [5, 5.41) is 79.8. The number of halogens is 2. The molecule has 1 fully saturated rings. The molecule has 9 atom stereocenters. The molecular weight excluding hydrogens is 630 g/mol. The van der Waals surface area contributed by atoms with Gasteiger partial charge < -0.3 is 40.1 Å². The molecule has 7 unspecified atom stereocenters. The lowest BCUT2D eigenvalue weighted by Gasteiger charge is -2.43. The maximum absolute atomic E-state index is 13.8. The molecule has 0 amide bonds. The molecule has 46 heavy (non-hydrogen) atoms. The predicted octanol–water partition coefficient (Wildman–Crippen LogP) is 0.341. The van der Waals surface area contributed by atoms with Crippen LogP contribution in [0.2, 0.25) is 0 Å². The number of nitrogens with zero attached hydrogens (tertiary/aromatic N) is 6. The smallest absolute Gasteiger partial charge is 0.134 e. The third-order valence-electron chi connectivity index (χ3n) is 7.43. The van der Waals surface area contributed by atoms with Crippen molar-refractivity contribution in [2.45, 2.75) is 67.0 Å². The molecule has 0 bridgehead atoms. The summed E-state index contributed by atoms with van der Waals surface area (Å²) in [4.78, 5) is 0. The van der Waals surface area contributed by atoms with Crippen molar-refractivity contribution in [1.82, 2.24) is 30.0 Å². The van der Waals surface area contributed by atoms with Gasteiger partial charge in [0.25, 0.3) is 0 Å². The molecular formula is C29H34F2N6O8S. The molecule has 1 saturated heterocycles. The van der Waals surface area contributed by atoms with Gasteiger partial charge in [-0.15, -0.1) is 10.2 Å². The molecule has 0 saturated carbocycles. The zero-order valence-electron chi connectivity index (χ0n) is 24.4. The average Bonchev–Trinajstić information content (AvgIpc) is 3.71. The van der Waals surface area contributed by atoms with Gasteiger partial charge >= 0.3 is 0 Å². The van der Waals surface area contributed by atoms with Gasteiger partial charge in [0, 0.05) is 11.1 Å². The van der Waals surface area contributed by atoms with E-state index in [9.17, 15) is 39.4 Å². The first-order valence-electron chi connectivity index (χ1n) is 14.3. The Hall–Kier alpha value is -3.39. The van der Waals surface area contributed by atoms with Crippen molar-refractivity contribution < 1.29 is 48.9 Å². The second-order valence-corrected chi connectivity index (χ2v) is 12.0. The van der Waals surface area contributed by atoms with Gasteiger partial charge in [-0.05, 0) is 31.2 Å². The maximum Gasteiger partial charge on any atom is 0.134 e. The van der Waals surface area contributed by atoms with Crippen molar-refractivity contribution in [2.24, 2.45) is 0 Å². The molecule has 248 valence electrons. The van der Waals surface area contributed by atoms with Crippen LogP contribution in [0.5, 0.6) is 0 Å². The minimum absolute atomic E-state index is 0.212. The number of hydrogen-bond acceptors (Lipinski definition) is 13. The van der Waals surface area contributed by atoms with E-state index >= 15 is 0 Å². The van der Waals surface area contributed by atoms with Crippen LogP contribution in [0.1, 0.15) is 13.0 Å². The van der Waals surface area contributed by atoms with Crippen LogP contribution in [-0.4, -0.2) is 121 Å². The SMILES string of the molecule is C[C@@H](O)C(CO)OC(SC1OC(CO)C(O)C(n2cc(-c3cccc(F)c3)nn2)C1O)[C@@H](O)Cn1cc(-c2cccc(F)c2)nn1. The summed E-state index contributed by atoms with van der Waals surface area (Å²) in [7, 11) is 0. The van der Waals surface area contributed by atoms with E-state index in [4.69, 9.17) is 9.47 Å². The second-order valence-electron chi connectivity index (χ2n) is 10.8. The van der Waals surface area contributed by atoms with Gasteiger partial charge in [-0.1, -0.05) is 46.5 Å². The Bertz CT molecular complexity index is 1580. The van der Waals surface area contributed by atoms with Crippen molar-refractivity contribution in [3.05, 3.63) is 72.6 Å². The lowest BCUT2D eigenvalue weighted by Crippen LogP contribution is -2.56. The predicted molar refractivity (Wildman–Crippen MR) is 159 cm³/mol. The number of ether oxygens (including phenoxy) is 2. The first kappa shape index (κ1) is 34.0. The van der Waals surface area contributed by atoms with Crippen LogP contribution in [0, 0.1) is 11.6 Å². The van der Waals surface area contributed by atoms with Crippen LogP contribution >= 0.6 is 11.8 Å². The van der Waals surface area contributed by atoms with Crippen LogP contribution < -0.4 is 0 Å². The van der Waals surface area contributed by atoms with Crippen molar-refractivity contribution in [3.8, 4) is 22.5 Å². The minimum Gasteiger partial charge on any atom is -0.394 e. The molecule has 0 aliphatic carbocycles. The monoisotopic (exact) mass is 664 g/mol. The van der Waals surface area contributed by atoms with Gasteiger partial charge in [0.15, 0.2) is 0 Å². The van der Waals surface area contributed by atoms with Crippen molar-refractivity contribution in [1.29, 1.82) is 0 Å². The third-order valence-corrected chi connectivity index (χ3v) is 8.78. The van der Waals surface area contributed by atoms with Gasteiger partial charge in [-0.2, -0.15) is 0 Å². The van der Waals surface area contributed by atoms with E-state index < -0.39 is 78.4 Å². The summed E-state index contributed by atoms with van der Waals surface area (Å²) in [6.07, 6.45) is -4.99. The van der Waals surface area contributed by atoms with Crippen LogP contribution in [0.15, 0.2) is 60.9 Å². The van der Waals surface area contributed by atoms with Crippen molar-refractivity contribution in [3.63, 3.8) is 0 Å². The molecule has 2 aromatic carbocycles. The van der Waals surface area contributed by atoms with Crippen molar-refractivity contribution in [2.75, 3.05) is 13.2 Å². The fourth-order valence-corrected chi connectivity index (χ4v) is 6.24. The summed E-state index contributed by atoms with van der Waals surface area (Å²) in [6, 6.07) is 10.2. The average molecular weight is 665 g/mol. The fraction of sp³-hybridized carbons (Fsp3) is 0.448. The number of rotatable bonds is 13. The zero-order valence-corrected chi connectivity index (χ0v) is 25.3. The Morgan fingerprint density at radius 1 is 0.935 bits per heavy atom. The molecule has 2 aromatic heterocycles. The highest BCUT2D eigenvalue weighted by atomic mass is 32.2. The van der Waals surface area contributed by atoms with Gasteiger partial charge in [-0.3, -0.25) is 0 Å². The van der Waals surface area contributed by atoms with Crippen LogP contribution in [0.4, 0.5) is 8.78 Å². The van der Waals surface area contributed by atoms with Gasteiger partial charge in [-0.25, -0.2) is 18.1 Å². The topological polar surface area (TPSA) is 201 Å². The summed E-state index contributed by atoms with van der Waals surface area (Å²) < 4.78 is 41.7. The normalized spacial score (nSPS) is 24.4. The highest BCUT2D eigenvalue weighted by molar-refractivity contribution is 8.00. The maximum atomic E-state index is 13.8. The Balaban J connectivity index is 1.38. The largest absolute Gasteiger partial charge is 0.394 e. The highest BCUT2D eigenvalue weighted by Gasteiger charge is 2.48. The summed E-state index contributed by atoms with van der Waals surface area (Å²) in [5.74, 6) is -0.953. The number of aliphatic hydroxyl groups excluding tert-OH is 6. The van der Waals surface area contributed by atoms with Crippen LogP contribution in [0.3, 0.4) is 0 Å². The lowest BCUT2D eigenvalue weighted by molar-refractivity contribution is -0.180. The van der Waals surface area contributed by atoms with E-state index in [2.05, 4.69) is 20.6 Å². The number of hydrogen-bond donors (Lipinski definition) is 6. The molecule has 14 nitrogen and oxygen atoms in total. The number of aliphatic hydroxyl groups is 6. The Kier molecular flexibility index (Phi) is 11.1. The molecule has 4 aromatic rings. The van der Waals surface area contributed by atoms with Crippen molar-refractivity contribution >= 4 is 11.8 Å². The van der Waals surface area contributed by atoms with E-state index in [0.29, 0.717) is 16.8 Å². The van der Waals surface area contributed by atoms with Crippen LogP contribution in [-0.2, 0) is 16.0 Å². The van der Waals surface area contributed by atoms with E-state index in [1.54, 1.807) is 12.1 Å². The molecule has 0 radical (unpaired) electrons. The quantitative estimate of drug-likeness (QED) is 0.107. The molecule has 0 spiro atoms. The van der Waals surface area contributed by atoms with E-state index in [1.165, 1.54) is 65.1 Å². The lowest BCUT2D eigenvalue weighted by atomic mass is 9.97. The molecule has 6 N–H and O–H groups in total. The molecule has 3 heterocycles. The van der Waals surface area contributed by atoms with E-state index in [0.717, 1.165) is 11.8 Å². The zero-order chi connectivity index (χ0) is 33.0. The summed E-state index contributed by atoms with van der Waals surface area (Å²) >= 11 is 0.781. The van der Waals surface area contributed by atoms with E-state index in [-0.39, 0.29) is 12.2 Å². The summed E-state index contributed by atoms with van der Waals surface area (Å²) in [5.41, 5.74) is -1.05. The highest BCUT2D eigenvalue weighted by Crippen LogP contribution is 2.38. The molecule has 1 aliphatic heterocycles. The summed E-state index contributed by atoms with van der Waals surface area (Å²) in [6.45, 7) is -0.0737. The minimum atomic E-state index is -1.52. The Morgan fingerprint density at radius 2 is 1.57 bits per heavy atom. The van der Waals surface area contributed by atoms with Gasteiger partial charge in [0.2, 0.25) is 0 Å². The first-order valence-corrected chi connectivity index (χ1v) is 15.3. The molecule has 5 rings (SSSR count). The second kappa shape index (κ2) is 15.0. The number of benzene rings is 2.